The number of anilines is 1. The van der Waals surface area contributed by atoms with Crippen LogP contribution in [0.5, 0.6) is 0 Å². The van der Waals surface area contributed by atoms with E-state index < -0.39 is 36.1 Å². The monoisotopic (exact) mass is 461 g/mol. The van der Waals surface area contributed by atoms with Crippen molar-refractivity contribution in [1.82, 2.24) is 9.55 Å². The zero-order valence-corrected chi connectivity index (χ0v) is 17.6. The number of rotatable bonds is 6. The second-order valence-corrected chi connectivity index (χ2v) is 9.48. The Hall–Kier alpha value is -3.45. The molecule has 0 amide bonds. The molecule has 11 nitrogen and oxygen atoms in total. The van der Waals surface area contributed by atoms with Gasteiger partial charge in [-0.1, -0.05) is 23.9 Å². The molecule has 1 aromatic heterocycles. The lowest BCUT2D eigenvalue weighted by molar-refractivity contribution is -0.395. The number of hydrogen-bond acceptors (Lipinski definition) is 8. The van der Waals surface area contributed by atoms with Crippen LogP contribution < -0.4 is 4.72 Å². The van der Waals surface area contributed by atoms with Gasteiger partial charge < -0.3 is 4.57 Å². The van der Waals surface area contributed by atoms with Gasteiger partial charge in [-0.15, -0.1) is 0 Å². The minimum atomic E-state index is -4.33. The van der Waals surface area contributed by atoms with Gasteiger partial charge in [0.05, 0.1) is 15.5 Å². The highest BCUT2D eigenvalue weighted by atomic mass is 32.2. The number of nitrogens with one attached hydrogen (secondary N) is 1. The van der Waals surface area contributed by atoms with Gasteiger partial charge in [0.25, 0.3) is 21.4 Å². The molecule has 0 saturated heterocycles. The van der Waals surface area contributed by atoms with Crippen LogP contribution in [-0.2, 0) is 16.6 Å². The van der Waals surface area contributed by atoms with Crippen molar-refractivity contribution in [1.29, 1.82) is 0 Å². The first-order valence-corrected chi connectivity index (χ1v) is 11.4. The Morgan fingerprint density at radius 1 is 1.13 bits per heavy atom. The number of benzene rings is 2. The van der Waals surface area contributed by atoms with E-state index >= 15 is 0 Å². The first-order chi connectivity index (χ1) is 14.7. The van der Waals surface area contributed by atoms with Crippen molar-refractivity contribution in [3.63, 3.8) is 0 Å². The summed E-state index contributed by atoms with van der Waals surface area (Å²) in [7, 11) is -4.33. The maximum absolute atomic E-state index is 12.8. The van der Waals surface area contributed by atoms with Crippen LogP contribution in [0.4, 0.5) is 17.1 Å². The molecule has 0 unspecified atom stereocenters. The number of nitro groups is 2. The van der Waals surface area contributed by atoms with Crippen LogP contribution in [0.2, 0.25) is 0 Å². The molecule has 13 heteroatoms. The lowest BCUT2D eigenvalue weighted by Crippen LogP contribution is -2.14. The molecule has 0 radical (unpaired) electrons. The Balaban J connectivity index is 1.69. The number of aryl methyl sites for hydroxylation is 1. The van der Waals surface area contributed by atoms with Gasteiger partial charge in [0, 0.05) is 41.9 Å². The topological polar surface area (TPSA) is 150 Å². The van der Waals surface area contributed by atoms with E-state index in [4.69, 9.17) is 0 Å². The van der Waals surface area contributed by atoms with Crippen LogP contribution in [0.1, 0.15) is 5.56 Å². The van der Waals surface area contributed by atoms with E-state index in [1.165, 1.54) is 13.0 Å². The molecule has 1 aliphatic heterocycles. The van der Waals surface area contributed by atoms with E-state index in [-0.39, 0.29) is 11.3 Å². The van der Waals surface area contributed by atoms with Gasteiger partial charge in [0.1, 0.15) is 10.5 Å². The summed E-state index contributed by atoms with van der Waals surface area (Å²) < 4.78 is 30.0. The second-order valence-electron chi connectivity index (χ2n) is 6.74. The summed E-state index contributed by atoms with van der Waals surface area (Å²) in [6, 6.07) is 8.14. The first kappa shape index (κ1) is 20.8. The molecule has 0 bridgehead atoms. The van der Waals surface area contributed by atoms with Crippen molar-refractivity contribution in [2.45, 2.75) is 23.5 Å². The Morgan fingerprint density at radius 3 is 2.42 bits per heavy atom. The van der Waals surface area contributed by atoms with Crippen molar-refractivity contribution in [3.8, 4) is 11.3 Å². The third-order valence-corrected chi connectivity index (χ3v) is 7.08. The molecule has 0 aliphatic carbocycles. The summed E-state index contributed by atoms with van der Waals surface area (Å²) in [6.07, 6.45) is 1.88. The van der Waals surface area contributed by atoms with E-state index in [9.17, 15) is 28.6 Å². The summed E-state index contributed by atoms with van der Waals surface area (Å²) in [5, 5.41) is 23.4. The van der Waals surface area contributed by atoms with E-state index in [0.717, 1.165) is 29.6 Å². The largest absolute Gasteiger partial charge is 0.325 e. The number of nitro benzene ring substituents is 2. The van der Waals surface area contributed by atoms with Gasteiger partial charge in [-0.3, -0.25) is 25.0 Å². The van der Waals surface area contributed by atoms with Crippen LogP contribution in [0.15, 0.2) is 52.6 Å². The highest BCUT2D eigenvalue weighted by molar-refractivity contribution is 7.99. The van der Waals surface area contributed by atoms with Gasteiger partial charge in [-0.2, -0.15) is 0 Å². The predicted octanol–water partition coefficient (Wildman–Crippen LogP) is 3.58. The zero-order valence-electron chi connectivity index (χ0n) is 16.0. The summed E-state index contributed by atoms with van der Waals surface area (Å²) in [5.41, 5.74) is 0.0565. The molecule has 31 heavy (non-hydrogen) atoms. The molecule has 0 atom stereocenters. The van der Waals surface area contributed by atoms with E-state index in [2.05, 4.69) is 9.71 Å². The fourth-order valence-electron chi connectivity index (χ4n) is 3.20. The second kappa shape index (κ2) is 7.67. The average Bonchev–Trinajstić information content (AvgIpc) is 3.29. The van der Waals surface area contributed by atoms with E-state index in [1.807, 2.05) is 10.8 Å². The van der Waals surface area contributed by atoms with Gasteiger partial charge in [-0.05, 0) is 19.1 Å². The molecule has 0 spiro atoms. The molecule has 4 rings (SSSR count). The maximum atomic E-state index is 12.8. The zero-order chi connectivity index (χ0) is 22.3. The number of hydrogen-bond donors (Lipinski definition) is 1. The Kier molecular flexibility index (Phi) is 5.15. The first-order valence-electron chi connectivity index (χ1n) is 8.92. The normalized spacial score (nSPS) is 13.1. The molecule has 2 aromatic carbocycles. The van der Waals surface area contributed by atoms with Crippen molar-refractivity contribution in [2.24, 2.45) is 0 Å². The fraction of sp³-hybridized carbons (Fsp3) is 0.167. The molecular formula is C18H15N5O6S2. The molecule has 0 fully saturated rings. The predicted molar refractivity (Wildman–Crippen MR) is 114 cm³/mol. The van der Waals surface area contributed by atoms with E-state index in [1.54, 1.807) is 30.0 Å². The Bertz CT molecular complexity index is 1280. The number of aromatic nitrogens is 2. The molecule has 1 N–H and O–H groups in total. The SMILES string of the molecule is Cc1c([N+](=O)[O-])cc(S(=O)(=O)Nc2cccc(-c3cn4c(n3)SCC4)c2)cc1[N+](=O)[O-]. The minimum Gasteiger partial charge on any atom is -0.325 e. The average molecular weight is 461 g/mol. The number of fused-ring (bicyclic) bond motifs is 1. The Morgan fingerprint density at radius 2 is 1.81 bits per heavy atom. The summed E-state index contributed by atoms with van der Waals surface area (Å²) in [4.78, 5) is 24.8. The summed E-state index contributed by atoms with van der Waals surface area (Å²) in [5.74, 6) is 0.956. The lowest BCUT2D eigenvalue weighted by Gasteiger charge is -2.10. The van der Waals surface area contributed by atoms with Gasteiger partial charge >= 0.3 is 0 Å². The smallest absolute Gasteiger partial charge is 0.280 e. The molecule has 0 saturated carbocycles. The summed E-state index contributed by atoms with van der Waals surface area (Å²) >= 11 is 1.63. The number of imidazole rings is 1. The van der Waals surface area contributed by atoms with Gasteiger partial charge in [-0.25, -0.2) is 13.4 Å². The highest BCUT2D eigenvalue weighted by Crippen LogP contribution is 2.33. The van der Waals surface area contributed by atoms with Crippen LogP contribution in [0.25, 0.3) is 11.3 Å². The molecular weight excluding hydrogens is 446 g/mol. The maximum Gasteiger partial charge on any atom is 0.280 e. The highest BCUT2D eigenvalue weighted by Gasteiger charge is 2.28. The molecule has 3 aromatic rings. The van der Waals surface area contributed by atoms with Crippen LogP contribution in [0.3, 0.4) is 0 Å². The number of sulfonamides is 1. The van der Waals surface area contributed by atoms with E-state index in [0.29, 0.717) is 11.3 Å². The van der Waals surface area contributed by atoms with Crippen LogP contribution >= 0.6 is 11.8 Å². The van der Waals surface area contributed by atoms with Gasteiger partial charge in [0.2, 0.25) is 0 Å². The fourth-order valence-corrected chi connectivity index (χ4v) is 5.23. The molecule has 2 heterocycles. The van der Waals surface area contributed by atoms with Crippen molar-refractivity contribution in [3.05, 3.63) is 68.4 Å². The number of thioether (sulfide) groups is 1. The minimum absolute atomic E-state index is 0.198. The summed E-state index contributed by atoms with van der Waals surface area (Å²) in [6.45, 7) is 2.05. The number of nitrogens with zero attached hydrogens (tertiary/aromatic N) is 4. The quantitative estimate of drug-likeness (QED) is 0.432. The molecule has 1 aliphatic rings. The van der Waals surface area contributed by atoms with Gasteiger partial charge in [0.15, 0.2) is 5.16 Å². The Labute approximate surface area is 180 Å². The van der Waals surface area contributed by atoms with Crippen LogP contribution in [-0.4, -0.2) is 33.6 Å². The van der Waals surface area contributed by atoms with Crippen LogP contribution in [0, 0.1) is 27.2 Å². The van der Waals surface area contributed by atoms with Crippen molar-refractivity contribution in [2.75, 3.05) is 10.5 Å². The third kappa shape index (κ3) is 3.96. The standard InChI is InChI=1S/C18H15N5O6S2/c1-11-16(22(24)25)8-14(9-17(11)23(26)27)31(28,29)20-13-4-2-3-12(7-13)15-10-21-5-6-30-18(21)19-15/h2-4,7-10,20H,5-6H2,1H3. The third-order valence-electron chi connectivity index (χ3n) is 4.74. The molecule has 160 valence electrons. The van der Waals surface area contributed by atoms with Crippen molar-refractivity contribution < 1.29 is 18.3 Å². The van der Waals surface area contributed by atoms with Crippen molar-refractivity contribution >= 4 is 38.8 Å². The lowest BCUT2D eigenvalue weighted by atomic mass is 10.1.